The van der Waals surface area contributed by atoms with E-state index in [1.165, 1.54) is 25.7 Å². The molecule has 3 heterocycles. The summed E-state index contributed by atoms with van der Waals surface area (Å²) in [5.41, 5.74) is 0. The van der Waals surface area contributed by atoms with E-state index < -0.39 is 0 Å². The Kier molecular flexibility index (Phi) is 3.43. The van der Waals surface area contributed by atoms with Crippen molar-refractivity contribution in [3.8, 4) is 0 Å². The molecule has 2 saturated heterocycles. The van der Waals surface area contributed by atoms with Crippen molar-refractivity contribution in [2.75, 3.05) is 37.1 Å². The third-order valence-electron chi connectivity index (χ3n) is 4.89. The van der Waals surface area contributed by atoms with Gasteiger partial charge in [-0.15, -0.1) is 0 Å². The van der Waals surface area contributed by atoms with E-state index in [0.717, 1.165) is 18.9 Å². The summed E-state index contributed by atoms with van der Waals surface area (Å²) in [5, 5.41) is 3.16. The number of rotatable bonds is 5. The van der Waals surface area contributed by atoms with Gasteiger partial charge in [-0.3, -0.25) is 4.90 Å². The number of fused-ring (bicyclic) bond motifs is 2. The number of hydrogen-bond acceptors (Lipinski definition) is 6. The third kappa shape index (κ3) is 2.82. The Morgan fingerprint density at radius 2 is 2.00 bits per heavy atom. The van der Waals surface area contributed by atoms with Crippen molar-refractivity contribution in [2.24, 2.45) is 0 Å². The van der Waals surface area contributed by atoms with Gasteiger partial charge < -0.3 is 15.0 Å². The summed E-state index contributed by atoms with van der Waals surface area (Å²) >= 11 is 0. The summed E-state index contributed by atoms with van der Waals surface area (Å²) in [5.74, 6) is 1.70. The Hall–Kier alpha value is -1.40. The van der Waals surface area contributed by atoms with Crippen LogP contribution in [-0.2, 0) is 4.74 Å². The number of aromatic nitrogens is 2. The van der Waals surface area contributed by atoms with E-state index in [1.807, 2.05) is 12.3 Å². The first-order valence-corrected chi connectivity index (χ1v) is 7.95. The summed E-state index contributed by atoms with van der Waals surface area (Å²) in [4.78, 5) is 13.8. The van der Waals surface area contributed by atoms with Crippen molar-refractivity contribution in [1.82, 2.24) is 14.9 Å². The van der Waals surface area contributed by atoms with E-state index in [0.29, 0.717) is 30.9 Å². The average molecular weight is 289 g/mol. The minimum absolute atomic E-state index is 0.453. The van der Waals surface area contributed by atoms with Crippen LogP contribution in [0.1, 0.15) is 25.7 Å². The van der Waals surface area contributed by atoms with Crippen LogP contribution in [0.5, 0.6) is 0 Å². The first kappa shape index (κ1) is 13.3. The molecule has 3 aliphatic rings. The second-order valence-electron chi connectivity index (χ2n) is 6.38. The van der Waals surface area contributed by atoms with Gasteiger partial charge in [0.25, 0.3) is 0 Å². The number of piperazine rings is 1. The molecular weight excluding hydrogens is 266 g/mol. The van der Waals surface area contributed by atoms with Crippen LogP contribution < -0.4 is 10.2 Å². The second-order valence-corrected chi connectivity index (χ2v) is 6.38. The van der Waals surface area contributed by atoms with E-state index in [1.54, 1.807) is 0 Å². The molecule has 2 bridgehead atoms. The van der Waals surface area contributed by atoms with Crippen molar-refractivity contribution in [1.29, 1.82) is 0 Å². The number of ether oxygens (including phenoxy) is 1. The number of anilines is 2. The second kappa shape index (κ2) is 5.42. The molecule has 6 nitrogen and oxygen atoms in total. The zero-order chi connectivity index (χ0) is 14.2. The minimum atomic E-state index is 0.453. The Morgan fingerprint density at radius 1 is 1.24 bits per heavy atom. The zero-order valence-electron chi connectivity index (χ0n) is 12.5. The van der Waals surface area contributed by atoms with Gasteiger partial charge in [0.1, 0.15) is 12.5 Å². The van der Waals surface area contributed by atoms with Crippen molar-refractivity contribution in [3.63, 3.8) is 0 Å². The van der Waals surface area contributed by atoms with Gasteiger partial charge >= 0.3 is 0 Å². The molecule has 1 aromatic heterocycles. The normalized spacial score (nSPS) is 28.9. The number of likely N-dealkylation sites (N-methyl/N-ethyl adjacent to an activating group) is 1. The van der Waals surface area contributed by atoms with Gasteiger partial charge in [0.2, 0.25) is 5.95 Å². The van der Waals surface area contributed by atoms with Crippen LogP contribution in [0.3, 0.4) is 0 Å². The molecule has 21 heavy (non-hydrogen) atoms. The monoisotopic (exact) mass is 289 g/mol. The van der Waals surface area contributed by atoms with Gasteiger partial charge in [0.15, 0.2) is 0 Å². The van der Waals surface area contributed by atoms with Crippen molar-refractivity contribution >= 4 is 11.8 Å². The third-order valence-corrected chi connectivity index (χ3v) is 4.89. The smallest absolute Gasteiger partial charge is 0.226 e. The van der Waals surface area contributed by atoms with Crippen LogP contribution in [0.4, 0.5) is 11.8 Å². The first-order chi connectivity index (χ1) is 10.3. The molecule has 2 atom stereocenters. The lowest BCUT2D eigenvalue weighted by atomic mass is 10.2. The standard InChI is InChI=1S/C15H23N5O/c1-19-11-2-3-12(19)9-20(8-11)14-6-7-16-15(18-14)17-10-21-13-4-5-13/h6-7,11-13H,2-5,8-10H2,1H3,(H,16,17,18). The number of nitrogens with one attached hydrogen (secondary N) is 1. The predicted molar refractivity (Wildman–Crippen MR) is 81.4 cm³/mol. The van der Waals surface area contributed by atoms with Gasteiger partial charge in [-0.25, -0.2) is 4.98 Å². The van der Waals surface area contributed by atoms with E-state index >= 15 is 0 Å². The maximum Gasteiger partial charge on any atom is 0.226 e. The van der Waals surface area contributed by atoms with Crippen LogP contribution in [-0.4, -0.2) is 59.9 Å². The highest BCUT2D eigenvalue weighted by Gasteiger charge is 2.37. The molecule has 2 unspecified atom stereocenters. The van der Waals surface area contributed by atoms with Gasteiger partial charge in [0, 0.05) is 31.4 Å². The maximum atomic E-state index is 5.59. The van der Waals surface area contributed by atoms with Crippen molar-refractivity contribution < 1.29 is 4.74 Å². The van der Waals surface area contributed by atoms with E-state index in [2.05, 4.69) is 32.1 Å². The molecule has 1 aromatic rings. The van der Waals surface area contributed by atoms with Gasteiger partial charge in [-0.1, -0.05) is 0 Å². The van der Waals surface area contributed by atoms with Crippen LogP contribution in [0.2, 0.25) is 0 Å². The summed E-state index contributed by atoms with van der Waals surface area (Å²) in [6, 6.07) is 3.36. The Labute approximate surface area is 125 Å². The van der Waals surface area contributed by atoms with E-state index in [4.69, 9.17) is 4.74 Å². The SMILES string of the molecule is CN1C2CCC1CN(c1ccnc(NCOC3CC3)n1)C2. The molecule has 0 radical (unpaired) electrons. The van der Waals surface area contributed by atoms with E-state index in [9.17, 15) is 0 Å². The fourth-order valence-corrected chi connectivity index (χ4v) is 3.37. The van der Waals surface area contributed by atoms with Crippen LogP contribution in [0.25, 0.3) is 0 Å². The molecule has 6 heteroatoms. The molecule has 0 spiro atoms. The van der Waals surface area contributed by atoms with Crippen molar-refractivity contribution in [2.45, 2.75) is 43.9 Å². The lowest BCUT2D eigenvalue weighted by molar-refractivity contribution is 0.137. The topological polar surface area (TPSA) is 53.5 Å². The fraction of sp³-hybridized carbons (Fsp3) is 0.733. The average Bonchev–Trinajstić information content (AvgIpc) is 3.28. The molecule has 2 aliphatic heterocycles. The quantitative estimate of drug-likeness (QED) is 0.825. The Balaban J connectivity index is 1.40. The molecule has 1 aliphatic carbocycles. The minimum Gasteiger partial charge on any atom is -0.358 e. The summed E-state index contributed by atoms with van der Waals surface area (Å²) in [7, 11) is 2.25. The highest BCUT2D eigenvalue weighted by Crippen LogP contribution is 2.30. The molecule has 114 valence electrons. The lowest BCUT2D eigenvalue weighted by Crippen LogP contribution is -2.52. The largest absolute Gasteiger partial charge is 0.358 e. The maximum absolute atomic E-state index is 5.59. The van der Waals surface area contributed by atoms with Gasteiger partial charge in [-0.2, -0.15) is 4.98 Å². The Bertz CT molecular complexity index is 493. The fourth-order valence-electron chi connectivity index (χ4n) is 3.37. The van der Waals surface area contributed by atoms with Gasteiger partial charge in [-0.05, 0) is 38.8 Å². The van der Waals surface area contributed by atoms with Crippen LogP contribution in [0, 0.1) is 0 Å². The highest BCUT2D eigenvalue weighted by molar-refractivity contribution is 5.43. The first-order valence-electron chi connectivity index (χ1n) is 7.95. The lowest BCUT2D eigenvalue weighted by Gasteiger charge is -2.39. The molecule has 1 N–H and O–H groups in total. The van der Waals surface area contributed by atoms with E-state index in [-0.39, 0.29) is 0 Å². The highest BCUT2D eigenvalue weighted by atomic mass is 16.5. The molecule has 0 aromatic carbocycles. The summed E-state index contributed by atoms with van der Waals surface area (Å²) < 4.78 is 5.59. The molecular formula is C15H23N5O. The van der Waals surface area contributed by atoms with Crippen LogP contribution in [0.15, 0.2) is 12.3 Å². The molecule has 4 rings (SSSR count). The van der Waals surface area contributed by atoms with Gasteiger partial charge in [0.05, 0.1) is 6.10 Å². The summed E-state index contributed by atoms with van der Waals surface area (Å²) in [6.45, 7) is 2.65. The summed E-state index contributed by atoms with van der Waals surface area (Å²) in [6.07, 6.45) is 7.28. The number of nitrogens with zero attached hydrogens (tertiary/aromatic N) is 4. The molecule has 0 amide bonds. The van der Waals surface area contributed by atoms with Crippen LogP contribution >= 0.6 is 0 Å². The predicted octanol–water partition coefficient (Wildman–Crippen LogP) is 1.31. The number of hydrogen-bond donors (Lipinski definition) is 1. The zero-order valence-corrected chi connectivity index (χ0v) is 12.5. The Morgan fingerprint density at radius 3 is 2.71 bits per heavy atom. The molecule has 1 saturated carbocycles. The molecule has 3 fully saturated rings. The van der Waals surface area contributed by atoms with Crippen molar-refractivity contribution in [3.05, 3.63) is 12.3 Å².